The zero-order valence-electron chi connectivity index (χ0n) is 8.00. The lowest BCUT2D eigenvalue weighted by Crippen LogP contribution is -2.33. The maximum Gasteiger partial charge on any atom is 0.219 e. The van der Waals surface area contributed by atoms with Gasteiger partial charge in [-0.15, -0.1) is 0 Å². The normalized spacial score (nSPS) is 22.7. The molecule has 3 nitrogen and oxygen atoms in total. The third kappa shape index (κ3) is 2.68. The van der Waals surface area contributed by atoms with Crippen LogP contribution in [0.1, 0.15) is 13.3 Å². The Kier molecular flexibility index (Phi) is 4.63. The molecule has 1 unspecified atom stereocenters. The largest absolute Gasteiger partial charge is 0.341 e. The Hall–Kier alpha value is -0.220. The molecule has 12 heavy (non-hydrogen) atoms. The number of rotatable bonds is 1. The van der Waals surface area contributed by atoms with Crippen molar-refractivity contribution in [3.05, 3.63) is 0 Å². The van der Waals surface area contributed by atoms with Crippen LogP contribution in [0, 0.1) is 0 Å². The summed E-state index contributed by atoms with van der Waals surface area (Å²) in [6.45, 7) is 3.47. The Balaban J connectivity index is 0.00000121. The highest BCUT2D eigenvalue weighted by atomic mass is 32.1. The molecule has 1 atom stereocenters. The van der Waals surface area contributed by atoms with Crippen molar-refractivity contribution in [3.63, 3.8) is 0 Å². The molecule has 1 heterocycles. The summed E-state index contributed by atoms with van der Waals surface area (Å²) in [5, 5.41) is 0. The molecule has 0 spiro atoms. The van der Waals surface area contributed by atoms with Gasteiger partial charge in [-0.05, 0) is 20.5 Å². The third-order valence-electron chi connectivity index (χ3n) is 2.34. The van der Waals surface area contributed by atoms with Gasteiger partial charge >= 0.3 is 0 Å². The Morgan fingerprint density at radius 1 is 1.50 bits per heavy atom. The molecule has 0 aliphatic carbocycles. The van der Waals surface area contributed by atoms with E-state index in [0.29, 0.717) is 6.04 Å². The molecule has 1 amide bonds. The minimum Gasteiger partial charge on any atom is -0.341 e. The monoisotopic (exact) mass is 190 g/mol. The van der Waals surface area contributed by atoms with E-state index in [1.807, 2.05) is 4.90 Å². The lowest BCUT2D eigenvalue weighted by atomic mass is 10.2. The van der Waals surface area contributed by atoms with Gasteiger partial charge in [0, 0.05) is 26.1 Å². The van der Waals surface area contributed by atoms with Crippen LogP contribution in [0.3, 0.4) is 0 Å². The first-order valence-electron chi connectivity index (χ1n) is 4.03. The van der Waals surface area contributed by atoms with Crippen molar-refractivity contribution in [1.82, 2.24) is 9.80 Å². The van der Waals surface area contributed by atoms with Crippen LogP contribution in [0.15, 0.2) is 0 Å². The van der Waals surface area contributed by atoms with Crippen LogP contribution in [0.4, 0.5) is 0 Å². The van der Waals surface area contributed by atoms with Gasteiger partial charge in [-0.25, -0.2) is 0 Å². The number of hydrogen-bond acceptors (Lipinski definition) is 2. The van der Waals surface area contributed by atoms with E-state index in [9.17, 15) is 4.79 Å². The van der Waals surface area contributed by atoms with Gasteiger partial charge in [-0.3, -0.25) is 4.79 Å². The summed E-state index contributed by atoms with van der Waals surface area (Å²) in [5.41, 5.74) is 0. The first-order chi connectivity index (χ1) is 5.11. The molecule has 0 aromatic rings. The highest BCUT2D eigenvalue weighted by Gasteiger charge is 2.24. The molecule has 0 radical (unpaired) electrons. The van der Waals surface area contributed by atoms with E-state index >= 15 is 0 Å². The number of likely N-dealkylation sites (N-methyl/N-ethyl adjacent to an activating group) is 1. The summed E-state index contributed by atoms with van der Waals surface area (Å²) in [4.78, 5) is 15.0. The van der Waals surface area contributed by atoms with E-state index in [2.05, 4.69) is 19.0 Å². The van der Waals surface area contributed by atoms with Gasteiger partial charge in [0.2, 0.25) is 5.91 Å². The number of carbonyl (C=O) groups is 1. The second kappa shape index (κ2) is 4.72. The number of carbonyl (C=O) groups excluding carboxylic acids is 1. The van der Waals surface area contributed by atoms with Gasteiger partial charge in [0.15, 0.2) is 0 Å². The molecule has 1 rings (SSSR count). The molecule has 4 heteroatoms. The third-order valence-corrected chi connectivity index (χ3v) is 2.34. The van der Waals surface area contributed by atoms with Crippen molar-refractivity contribution in [2.45, 2.75) is 19.4 Å². The highest BCUT2D eigenvalue weighted by molar-refractivity contribution is 7.59. The summed E-state index contributed by atoms with van der Waals surface area (Å²) in [6.07, 6.45) is 1.12. The summed E-state index contributed by atoms with van der Waals surface area (Å²) in [7, 11) is 4.13. The van der Waals surface area contributed by atoms with E-state index < -0.39 is 0 Å². The highest BCUT2D eigenvalue weighted by Crippen LogP contribution is 2.12. The number of amides is 1. The summed E-state index contributed by atoms with van der Waals surface area (Å²) in [6, 6.07) is 0.568. The predicted octanol–water partition coefficient (Wildman–Crippen LogP) is 0.282. The Morgan fingerprint density at radius 2 is 2.08 bits per heavy atom. The zero-order valence-corrected chi connectivity index (χ0v) is 9.00. The Labute approximate surface area is 81.2 Å². The molecule has 72 valence electrons. The average Bonchev–Trinajstić information content (AvgIpc) is 2.33. The molecular formula is C8H18N2OS. The first kappa shape index (κ1) is 11.8. The van der Waals surface area contributed by atoms with Crippen molar-refractivity contribution in [3.8, 4) is 0 Å². The van der Waals surface area contributed by atoms with E-state index in [1.54, 1.807) is 6.92 Å². The second-order valence-corrected chi connectivity index (χ2v) is 3.37. The molecule has 0 aromatic heterocycles. The van der Waals surface area contributed by atoms with E-state index in [4.69, 9.17) is 0 Å². The molecule has 1 saturated heterocycles. The maximum atomic E-state index is 10.9. The summed E-state index contributed by atoms with van der Waals surface area (Å²) >= 11 is 0. The number of likely N-dealkylation sites (tertiary alicyclic amines) is 1. The maximum absolute atomic E-state index is 10.9. The van der Waals surface area contributed by atoms with Crippen LogP contribution >= 0.6 is 13.5 Å². The van der Waals surface area contributed by atoms with Gasteiger partial charge in [0.25, 0.3) is 0 Å². The molecule has 1 fully saturated rings. The summed E-state index contributed by atoms with van der Waals surface area (Å²) < 4.78 is 0. The SMILES string of the molecule is CC(=O)N1CCC(N(C)C)C1.S. The van der Waals surface area contributed by atoms with Crippen molar-refractivity contribution < 1.29 is 4.79 Å². The lowest BCUT2D eigenvalue weighted by Gasteiger charge is -2.19. The molecule has 0 bridgehead atoms. The fraction of sp³-hybridized carbons (Fsp3) is 0.875. The number of nitrogens with zero attached hydrogens (tertiary/aromatic N) is 2. The van der Waals surface area contributed by atoms with Crippen LogP contribution in [-0.4, -0.2) is 48.9 Å². The van der Waals surface area contributed by atoms with Crippen LogP contribution in [0.2, 0.25) is 0 Å². The van der Waals surface area contributed by atoms with E-state index in [0.717, 1.165) is 19.5 Å². The van der Waals surface area contributed by atoms with Crippen molar-refractivity contribution in [2.24, 2.45) is 0 Å². The fourth-order valence-electron chi connectivity index (χ4n) is 1.45. The van der Waals surface area contributed by atoms with E-state index in [1.165, 1.54) is 0 Å². The van der Waals surface area contributed by atoms with Gasteiger partial charge in [-0.1, -0.05) is 0 Å². The topological polar surface area (TPSA) is 23.6 Å². The van der Waals surface area contributed by atoms with Crippen LogP contribution < -0.4 is 0 Å². The van der Waals surface area contributed by atoms with Crippen molar-refractivity contribution >= 4 is 19.4 Å². The van der Waals surface area contributed by atoms with Crippen molar-refractivity contribution in [2.75, 3.05) is 27.2 Å². The molecule has 0 N–H and O–H groups in total. The van der Waals surface area contributed by atoms with E-state index in [-0.39, 0.29) is 19.4 Å². The molecule has 1 aliphatic heterocycles. The fourth-order valence-corrected chi connectivity index (χ4v) is 1.45. The van der Waals surface area contributed by atoms with Crippen molar-refractivity contribution in [1.29, 1.82) is 0 Å². The van der Waals surface area contributed by atoms with Gasteiger partial charge in [0.05, 0.1) is 0 Å². The number of hydrogen-bond donors (Lipinski definition) is 0. The lowest BCUT2D eigenvalue weighted by molar-refractivity contribution is -0.127. The van der Waals surface area contributed by atoms with Crippen LogP contribution in [0.5, 0.6) is 0 Å². The second-order valence-electron chi connectivity index (χ2n) is 3.37. The Bertz CT molecular complexity index is 161. The van der Waals surface area contributed by atoms with Crippen LogP contribution in [-0.2, 0) is 4.79 Å². The standard InChI is InChI=1S/C8H16N2O.H2S/c1-7(11)10-5-4-8(6-10)9(2)3;/h8H,4-6H2,1-3H3;1H2. The Morgan fingerprint density at radius 3 is 2.33 bits per heavy atom. The smallest absolute Gasteiger partial charge is 0.219 e. The van der Waals surface area contributed by atoms with Gasteiger partial charge in [0.1, 0.15) is 0 Å². The predicted molar refractivity (Wildman–Crippen MR) is 54.7 cm³/mol. The summed E-state index contributed by atoms with van der Waals surface area (Å²) in [5.74, 6) is 0.203. The minimum atomic E-state index is 0. The minimum absolute atomic E-state index is 0. The molecule has 0 aromatic carbocycles. The zero-order chi connectivity index (χ0) is 8.43. The average molecular weight is 190 g/mol. The van der Waals surface area contributed by atoms with Crippen LogP contribution in [0.25, 0.3) is 0 Å². The molecule has 1 aliphatic rings. The van der Waals surface area contributed by atoms with Gasteiger partial charge in [-0.2, -0.15) is 13.5 Å². The first-order valence-corrected chi connectivity index (χ1v) is 4.03. The molecular weight excluding hydrogens is 172 g/mol. The molecule has 0 saturated carbocycles. The quantitative estimate of drug-likeness (QED) is 0.593. The van der Waals surface area contributed by atoms with Gasteiger partial charge < -0.3 is 9.80 Å².